The Morgan fingerprint density at radius 3 is 2.88 bits per heavy atom. The van der Waals surface area contributed by atoms with E-state index in [0.717, 1.165) is 0 Å². The van der Waals surface area contributed by atoms with Crippen molar-refractivity contribution in [2.75, 3.05) is 0 Å². The zero-order valence-electron chi connectivity index (χ0n) is 9.43. The highest BCUT2D eigenvalue weighted by Crippen LogP contribution is 2.19. The number of aliphatic hydroxyl groups excluding tert-OH is 1. The fourth-order valence-electron chi connectivity index (χ4n) is 1.44. The Balaban J connectivity index is 2.21. The van der Waals surface area contributed by atoms with Gasteiger partial charge in [-0.15, -0.1) is 0 Å². The lowest BCUT2D eigenvalue weighted by atomic mass is 10.2. The van der Waals surface area contributed by atoms with Gasteiger partial charge in [0.2, 0.25) is 11.7 Å². The fourth-order valence-corrected chi connectivity index (χ4v) is 1.44. The summed E-state index contributed by atoms with van der Waals surface area (Å²) in [6, 6.07) is 6.22. The zero-order chi connectivity index (χ0) is 12.3. The zero-order valence-corrected chi connectivity index (χ0v) is 9.43. The van der Waals surface area contributed by atoms with Crippen molar-refractivity contribution in [2.45, 2.75) is 25.9 Å². The van der Waals surface area contributed by atoms with Crippen molar-refractivity contribution in [3.63, 3.8) is 0 Å². The lowest BCUT2D eigenvalue weighted by Gasteiger charge is -2.01. The quantitative estimate of drug-likeness (QED) is 0.884. The van der Waals surface area contributed by atoms with Crippen LogP contribution in [0.5, 0.6) is 0 Å². The Kier molecular flexibility index (Phi) is 3.49. The van der Waals surface area contributed by atoms with E-state index in [4.69, 9.17) is 4.52 Å². The molecule has 1 unspecified atom stereocenters. The number of aromatic nitrogens is 2. The molecule has 0 aliphatic carbocycles. The van der Waals surface area contributed by atoms with Crippen molar-refractivity contribution < 1.29 is 14.0 Å². The fraction of sp³-hybridized carbons (Fsp3) is 0.333. The number of hydrogen-bond donors (Lipinski definition) is 1. The van der Waals surface area contributed by atoms with Crippen LogP contribution in [0.15, 0.2) is 28.8 Å². The highest BCUT2D eigenvalue weighted by atomic mass is 19.1. The average Bonchev–Trinajstić information content (AvgIpc) is 2.78. The van der Waals surface area contributed by atoms with Gasteiger partial charge in [0.15, 0.2) is 0 Å². The third-order valence-electron chi connectivity index (χ3n) is 2.46. The van der Waals surface area contributed by atoms with E-state index >= 15 is 0 Å². The van der Waals surface area contributed by atoms with Crippen molar-refractivity contribution >= 4 is 0 Å². The van der Waals surface area contributed by atoms with Crippen LogP contribution in [0.25, 0.3) is 11.4 Å². The van der Waals surface area contributed by atoms with E-state index in [1.54, 1.807) is 18.2 Å². The van der Waals surface area contributed by atoms with Gasteiger partial charge in [-0.25, -0.2) is 4.39 Å². The third kappa shape index (κ3) is 2.68. The summed E-state index contributed by atoms with van der Waals surface area (Å²) in [5, 5.41) is 13.1. The summed E-state index contributed by atoms with van der Waals surface area (Å²) in [7, 11) is 0. The smallest absolute Gasteiger partial charge is 0.229 e. The lowest BCUT2D eigenvalue weighted by molar-refractivity contribution is 0.158. The molecule has 0 bridgehead atoms. The predicted molar refractivity (Wildman–Crippen MR) is 59.7 cm³/mol. The second-order valence-electron chi connectivity index (χ2n) is 3.76. The van der Waals surface area contributed by atoms with Gasteiger partial charge >= 0.3 is 0 Å². The van der Waals surface area contributed by atoms with Crippen molar-refractivity contribution in [2.24, 2.45) is 0 Å². The number of rotatable bonds is 4. The first-order chi connectivity index (χ1) is 8.20. The summed E-state index contributed by atoms with van der Waals surface area (Å²) >= 11 is 0. The summed E-state index contributed by atoms with van der Waals surface area (Å²) in [5.74, 6) is 0.134. The van der Waals surface area contributed by atoms with Crippen LogP contribution >= 0.6 is 0 Å². The lowest BCUT2D eigenvalue weighted by Crippen LogP contribution is -2.08. The van der Waals surface area contributed by atoms with E-state index in [1.165, 1.54) is 6.07 Å². The molecule has 0 spiro atoms. The van der Waals surface area contributed by atoms with Gasteiger partial charge in [-0.2, -0.15) is 4.98 Å². The molecule has 2 rings (SSSR count). The van der Waals surface area contributed by atoms with Crippen LogP contribution in [-0.2, 0) is 6.42 Å². The standard InChI is InChI=1S/C12H13FN2O2/c1-2-8(16)7-11-14-12(15-17-11)9-5-3-4-6-10(9)13/h3-6,8,16H,2,7H2,1H3. The van der Waals surface area contributed by atoms with Gasteiger partial charge in [-0.05, 0) is 18.6 Å². The van der Waals surface area contributed by atoms with Crippen molar-refractivity contribution in [1.82, 2.24) is 10.1 Å². The molecule has 0 aliphatic rings. The number of benzene rings is 1. The van der Waals surface area contributed by atoms with Crippen LogP contribution in [0.2, 0.25) is 0 Å². The molecular formula is C12H13FN2O2. The normalized spacial score (nSPS) is 12.6. The largest absolute Gasteiger partial charge is 0.393 e. The maximum atomic E-state index is 13.4. The molecule has 90 valence electrons. The molecule has 17 heavy (non-hydrogen) atoms. The molecule has 0 saturated heterocycles. The topological polar surface area (TPSA) is 59.2 Å². The molecule has 5 heteroatoms. The molecule has 0 fully saturated rings. The Morgan fingerprint density at radius 1 is 1.41 bits per heavy atom. The van der Waals surface area contributed by atoms with Gasteiger partial charge in [-0.1, -0.05) is 24.2 Å². The van der Waals surface area contributed by atoms with E-state index in [9.17, 15) is 9.50 Å². The highest BCUT2D eigenvalue weighted by molar-refractivity contribution is 5.54. The molecule has 0 amide bonds. The second kappa shape index (κ2) is 5.05. The van der Waals surface area contributed by atoms with Crippen molar-refractivity contribution in [3.05, 3.63) is 36.0 Å². The molecule has 0 saturated carbocycles. The molecule has 1 aromatic heterocycles. The average molecular weight is 236 g/mol. The highest BCUT2D eigenvalue weighted by Gasteiger charge is 2.14. The minimum absolute atomic E-state index is 0.210. The van der Waals surface area contributed by atoms with Gasteiger partial charge in [0.05, 0.1) is 18.1 Å². The van der Waals surface area contributed by atoms with Crippen LogP contribution < -0.4 is 0 Å². The predicted octanol–water partition coefficient (Wildman–Crippen LogP) is 2.19. The van der Waals surface area contributed by atoms with Crippen LogP contribution in [0, 0.1) is 5.82 Å². The van der Waals surface area contributed by atoms with Gasteiger partial charge in [0.25, 0.3) is 0 Å². The van der Waals surface area contributed by atoms with E-state index < -0.39 is 11.9 Å². The molecule has 1 N–H and O–H groups in total. The Hall–Kier alpha value is -1.75. The Morgan fingerprint density at radius 2 is 2.18 bits per heavy atom. The maximum Gasteiger partial charge on any atom is 0.229 e. The summed E-state index contributed by atoms with van der Waals surface area (Å²) in [6.07, 6.45) is 0.388. The Labute approximate surface area is 98.1 Å². The van der Waals surface area contributed by atoms with Crippen molar-refractivity contribution in [3.8, 4) is 11.4 Å². The Bertz CT molecular complexity index is 499. The summed E-state index contributed by atoms with van der Waals surface area (Å²) < 4.78 is 18.4. The third-order valence-corrected chi connectivity index (χ3v) is 2.46. The molecule has 1 atom stereocenters. The number of hydrogen-bond acceptors (Lipinski definition) is 4. The van der Waals surface area contributed by atoms with Crippen LogP contribution in [0.4, 0.5) is 4.39 Å². The van der Waals surface area contributed by atoms with Gasteiger partial charge < -0.3 is 9.63 Å². The minimum Gasteiger partial charge on any atom is -0.393 e. The second-order valence-corrected chi connectivity index (χ2v) is 3.76. The molecule has 0 aliphatic heterocycles. The SMILES string of the molecule is CCC(O)Cc1nc(-c2ccccc2F)no1. The first kappa shape index (κ1) is 11.7. The van der Waals surface area contributed by atoms with E-state index in [-0.39, 0.29) is 12.2 Å². The molecule has 0 radical (unpaired) electrons. The van der Waals surface area contributed by atoms with Crippen molar-refractivity contribution in [1.29, 1.82) is 0 Å². The number of halogens is 1. The summed E-state index contributed by atoms with van der Waals surface area (Å²) in [5.41, 5.74) is 0.300. The monoisotopic (exact) mass is 236 g/mol. The van der Waals surface area contributed by atoms with E-state index in [2.05, 4.69) is 10.1 Å². The molecule has 2 aromatic rings. The molecule has 4 nitrogen and oxygen atoms in total. The van der Waals surface area contributed by atoms with Gasteiger partial charge in [0, 0.05) is 0 Å². The van der Waals surface area contributed by atoms with Crippen LogP contribution in [-0.4, -0.2) is 21.4 Å². The van der Waals surface area contributed by atoms with Crippen LogP contribution in [0.3, 0.4) is 0 Å². The number of nitrogens with zero attached hydrogens (tertiary/aromatic N) is 2. The number of aliphatic hydroxyl groups is 1. The van der Waals surface area contributed by atoms with Gasteiger partial charge in [-0.3, -0.25) is 0 Å². The molecule has 1 heterocycles. The van der Waals surface area contributed by atoms with Gasteiger partial charge in [0.1, 0.15) is 5.82 Å². The van der Waals surface area contributed by atoms with Crippen LogP contribution in [0.1, 0.15) is 19.2 Å². The molecule has 1 aromatic carbocycles. The molecular weight excluding hydrogens is 223 g/mol. The first-order valence-electron chi connectivity index (χ1n) is 5.46. The summed E-state index contributed by atoms with van der Waals surface area (Å²) in [4.78, 5) is 4.05. The van der Waals surface area contributed by atoms with E-state index in [1.807, 2.05) is 6.92 Å². The summed E-state index contributed by atoms with van der Waals surface area (Å²) in [6.45, 7) is 1.86. The maximum absolute atomic E-state index is 13.4. The first-order valence-corrected chi connectivity index (χ1v) is 5.46. The minimum atomic E-state index is -0.510. The van der Waals surface area contributed by atoms with E-state index in [0.29, 0.717) is 17.9 Å².